The molecule has 0 saturated heterocycles. The van der Waals surface area contributed by atoms with E-state index >= 15 is 0 Å². The van der Waals surface area contributed by atoms with Crippen molar-refractivity contribution in [3.8, 4) is 87.6 Å². The van der Waals surface area contributed by atoms with Crippen molar-refractivity contribution in [3.63, 3.8) is 0 Å². The number of benzene rings is 21. The summed E-state index contributed by atoms with van der Waals surface area (Å²) in [7, 11) is 0. The van der Waals surface area contributed by atoms with Gasteiger partial charge in [-0.1, -0.05) is 249 Å². The molecule has 147 heavy (non-hydrogen) atoms. The highest BCUT2D eigenvalue weighted by Gasteiger charge is 2.32. The van der Waals surface area contributed by atoms with Crippen molar-refractivity contribution in [1.82, 2.24) is 41.1 Å². The summed E-state index contributed by atoms with van der Waals surface area (Å²) in [5.74, 6) is 0. The van der Waals surface area contributed by atoms with E-state index in [2.05, 4.69) is 411 Å². The average Bonchev–Trinajstić information content (AvgIpc) is 1.52. The van der Waals surface area contributed by atoms with E-state index in [1.807, 2.05) is 115 Å². The van der Waals surface area contributed by atoms with Crippen LogP contribution in [-0.2, 0) is 0 Å². The number of hydrogen-bond donors (Lipinski definition) is 0. The van der Waals surface area contributed by atoms with Gasteiger partial charge in [0.05, 0.1) is 151 Å². The Bertz CT molecular complexity index is 11000. The van der Waals surface area contributed by atoms with Gasteiger partial charge in [0, 0.05) is 142 Å². The number of fused-ring (bicyclic) bond motifs is 33. The molecule has 0 fully saturated rings. The van der Waals surface area contributed by atoms with Crippen LogP contribution in [-0.4, -0.2) is 41.1 Å². The molecule has 30 rings (SSSR count). The Morgan fingerprint density at radius 2 is 0.408 bits per heavy atom. The molecule has 0 aliphatic rings. The molecule has 0 atom stereocenters. The molecule has 0 aliphatic carbocycles. The molecule has 15 nitrogen and oxygen atoms in total. The molecule has 0 saturated carbocycles. The molecule has 0 amide bonds. The van der Waals surface area contributed by atoms with Gasteiger partial charge in [-0.05, 0) is 206 Å². The zero-order valence-electron chi connectivity index (χ0n) is 78.5. The normalized spacial score (nSPS) is 11.6. The summed E-state index contributed by atoms with van der Waals surface area (Å²) in [6.45, 7) is 0. The first-order chi connectivity index (χ1) is 72.8. The Kier molecular flexibility index (Phi) is 19.0. The number of hydrogen-bond acceptors (Lipinski definition) is 6. The predicted molar refractivity (Wildman–Crippen MR) is 597 cm³/mol. The molecule has 15 heteroatoms. The third kappa shape index (κ3) is 12.4. The molecule has 9 aromatic heterocycles. The fourth-order valence-electron chi connectivity index (χ4n) is 23.8. The lowest BCUT2D eigenvalue weighted by atomic mass is 10.0. The third-order valence-corrected chi connectivity index (χ3v) is 29.6. The fourth-order valence-corrected chi connectivity index (χ4v) is 23.8. The predicted octanol–water partition coefficient (Wildman–Crippen LogP) is 32.2. The van der Waals surface area contributed by atoms with Crippen LogP contribution in [0.2, 0.25) is 0 Å². The Morgan fingerprint density at radius 1 is 0.129 bits per heavy atom. The van der Waals surface area contributed by atoms with Gasteiger partial charge in [-0.3, -0.25) is 0 Å². The zero-order chi connectivity index (χ0) is 97.9. The molecule has 30 aromatic rings. The number of aromatic nitrogens is 9. The van der Waals surface area contributed by atoms with Gasteiger partial charge in [-0.15, -0.1) is 0 Å². The lowest BCUT2D eigenvalue weighted by Gasteiger charge is -2.12. The SMILES string of the molecule is N#Cc1ccc(-n2c3c(ccc4c3c3ccccc3n4-c3ccccc3)c3ccc4c(c5ccccc5n4-c4ccccc4)c32)cc1C#N.N#Cc1ccc(-n2c3ccccc3c3c2ccc2c4ccc5c(c6ccccc6n5-c5ccccc5C#N)c4n(-c4ccccc4)c23)cc1.N#Cc1cccc(-n2c3c(ccc4c3c3ccccc3n4-c3ccccc3)c3cc(C#N)c4c(c5ccccc5n4-c4ccccc4)c32)c1. The van der Waals surface area contributed by atoms with Crippen LogP contribution in [0.25, 0.3) is 247 Å². The van der Waals surface area contributed by atoms with Gasteiger partial charge >= 0.3 is 0 Å². The van der Waals surface area contributed by atoms with Crippen LogP contribution in [0.4, 0.5) is 0 Å². The van der Waals surface area contributed by atoms with Crippen LogP contribution >= 0.6 is 0 Å². The zero-order valence-corrected chi connectivity index (χ0v) is 78.5. The average molecular weight is 1870 g/mol. The number of para-hydroxylation sites is 12. The molecule has 9 heterocycles. The summed E-state index contributed by atoms with van der Waals surface area (Å²) >= 11 is 0. The number of nitrogens with zero attached hydrogens (tertiary/aromatic N) is 15. The quantitative estimate of drug-likeness (QED) is 0.138. The van der Waals surface area contributed by atoms with E-state index in [0.29, 0.717) is 33.4 Å². The van der Waals surface area contributed by atoms with Crippen LogP contribution in [0.3, 0.4) is 0 Å². The first kappa shape index (κ1) is 83.9. The molecular weight excluding hydrogens is 1800 g/mol. The maximum atomic E-state index is 10.8. The largest absolute Gasteiger partial charge is 0.309 e. The van der Waals surface area contributed by atoms with Crippen molar-refractivity contribution in [1.29, 1.82) is 31.6 Å². The Balaban J connectivity index is 0.000000107. The topological polar surface area (TPSA) is 187 Å². The van der Waals surface area contributed by atoms with E-state index in [4.69, 9.17) is 0 Å². The summed E-state index contributed by atoms with van der Waals surface area (Å²) < 4.78 is 20.9. The third-order valence-electron chi connectivity index (χ3n) is 29.6. The van der Waals surface area contributed by atoms with Gasteiger partial charge in [-0.25, -0.2) is 0 Å². The molecule has 0 radical (unpaired) electrons. The lowest BCUT2D eigenvalue weighted by Crippen LogP contribution is -1.98. The second-order valence-corrected chi connectivity index (χ2v) is 37.1. The van der Waals surface area contributed by atoms with Crippen LogP contribution in [0.15, 0.2) is 455 Å². The lowest BCUT2D eigenvalue weighted by molar-refractivity contribution is 1.16. The van der Waals surface area contributed by atoms with Crippen molar-refractivity contribution in [2.75, 3.05) is 0 Å². The van der Waals surface area contributed by atoms with E-state index in [0.717, 1.165) is 231 Å². The highest BCUT2D eigenvalue weighted by molar-refractivity contribution is 6.36. The molecule has 0 spiro atoms. The van der Waals surface area contributed by atoms with Gasteiger partial charge in [0.25, 0.3) is 0 Å². The maximum absolute atomic E-state index is 10.8. The Morgan fingerprint density at radius 3 is 0.789 bits per heavy atom. The van der Waals surface area contributed by atoms with Gasteiger partial charge < -0.3 is 41.1 Å². The first-order valence-electron chi connectivity index (χ1n) is 48.7. The van der Waals surface area contributed by atoms with E-state index in [9.17, 15) is 31.6 Å². The Labute approximate surface area is 839 Å². The number of rotatable bonds is 9. The van der Waals surface area contributed by atoms with Crippen LogP contribution in [0, 0.1) is 68.0 Å². The van der Waals surface area contributed by atoms with E-state index in [-0.39, 0.29) is 0 Å². The molecule has 678 valence electrons. The molecule has 0 unspecified atom stereocenters. The summed E-state index contributed by atoms with van der Waals surface area (Å²) in [5.41, 5.74) is 31.4. The van der Waals surface area contributed by atoms with Crippen molar-refractivity contribution in [3.05, 3.63) is 488 Å². The van der Waals surface area contributed by atoms with E-state index in [1.165, 1.54) is 16.2 Å². The van der Waals surface area contributed by atoms with Crippen molar-refractivity contribution in [2.24, 2.45) is 0 Å². The molecule has 0 bridgehead atoms. The van der Waals surface area contributed by atoms with Crippen molar-refractivity contribution < 1.29 is 0 Å². The van der Waals surface area contributed by atoms with Crippen LogP contribution in [0.5, 0.6) is 0 Å². The molecule has 0 aliphatic heterocycles. The summed E-state index contributed by atoms with van der Waals surface area (Å²) in [4.78, 5) is 0. The highest BCUT2D eigenvalue weighted by Crippen LogP contribution is 2.53. The monoisotopic (exact) mass is 1870 g/mol. The molecular formula is C132H75N15. The molecule has 21 aromatic carbocycles. The number of nitriles is 6. The minimum absolute atomic E-state index is 0.354. The van der Waals surface area contributed by atoms with Gasteiger partial charge in [0.1, 0.15) is 24.3 Å². The summed E-state index contributed by atoms with van der Waals surface area (Å²) in [6.07, 6.45) is 0. The van der Waals surface area contributed by atoms with E-state index in [1.54, 1.807) is 6.07 Å². The van der Waals surface area contributed by atoms with Gasteiger partial charge in [-0.2, -0.15) is 31.6 Å². The summed E-state index contributed by atoms with van der Waals surface area (Å²) in [5, 5.41) is 80.6. The van der Waals surface area contributed by atoms with Gasteiger partial charge in [0.2, 0.25) is 0 Å². The second-order valence-electron chi connectivity index (χ2n) is 37.1. The van der Waals surface area contributed by atoms with Crippen LogP contribution < -0.4 is 0 Å². The Hall–Kier alpha value is -21.2. The summed E-state index contributed by atoms with van der Waals surface area (Å²) in [6, 6.07) is 171. The van der Waals surface area contributed by atoms with E-state index < -0.39 is 0 Å². The van der Waals surface area contributed by atoms with Gasteiger partial charge in [0.15, 0.2) is 0 Å². The minimum atomic E-state index is 0.354. The standard InChI is InChI=1S/3C44H25N5/c45-26-28-12-11-17-32(24-28)49-43-33(22-23-39-40(43)34-18-7-9-20-37(34)47(39)30-13-3-1-4-14-30)36-25-29(27-46)42-41(44(36)49)35-19-8-10-21-38(35)48(42)31-15-5-2-6-16-31;45-26-28-19-20-32(25-29(28)27-46)49-43-33(21-23-39-41(43)35-15-7-9-17-37(35)47(39)30-11-3-1-4-12-30)34-22-24-40-42(44(34)49)36-16-8-10-18-38(36)48(40)31-13-5-2-6-14-31;45-26-28-18-20-31(21-19-28)47-37-16-8-5-13-34(37)41-39(47)24-22-32-33-23-25-40-42(44(33)48(43(32)41)30-11-2-1-3-12-30)35-14-6-9-17-38(35)49(40)36-15-7-4-10-29(36)27-46/h3*1-25H. The van der Waals surface area contributed by atoms with Crippen LogP contribution in [0.1, 0.15) is 33.4 Å². The smallest absolute Gasteiger partial charge is 0.101 e. The fraction of sp³-hybridized carbons (Fsp3) is 0. The van der Waals surface area contributed by atoms with Crippen molar-refractivity contribution >= 4 is 196 Å². The maximum Gasteiger partial charge on any atom is 0.101 e. The first-order valence-corrected chi connectivity index (χ1v) is 48.7. The highest BCUT2D eigenvalue weighted by atomic mass is 15.1. The molecule has 0 N–H and O–H groups in total. The van der Waals surface area contributed by atoms with Crippen molar-refractivity contribution in [2.45, 2.75) is 0 Å². The second kappa shape index (κ2) is 33.2. The minimum Gasteiger partial charge on any atom is -0.309 e.